The number of hydrogen-bond acceptors (Lipinski definition) is 5. The maximum Gasteiger partial charge on any atom is 0.387 e. The number of aryl methyl sites for hydroxylation is 1. The summed E-state index contributed by atoms with van der Waals surface area (Å²) in [6, 6.07) is 6.11. The number of hydrogen-bond donors (Lipinski definition) is 0. The minimum atomic E-state index is -2.85. The van der Waals surface area contributed by atoms with Crippen LogP contribution in [-0.4, -0.2) is 40.6 Å². The zero-order valence-corrected chi connectivity index (χ0v) is 14.3. The van der Waals surface area contributed by atoms with Crippen molar-refractivity contribution >= 4 is 12.0 Å². The molecule has 26 heavy (non-hydrogen) atoms. The molecule has 3 rings (SSSR count). The van der Waals surface area contributed by atoms with E-state index in [9.17, 15) is 13.6 Å². The molecule has 1 aliphatic rings. The summed E-state index contributed by atoms with van der Waals surface area (Å²) in [6.45, 7) is 0.173. The maximum absolute atomic E-state index is 12.3. The zero-order chi connectivity index (χ0) is 18.5. The van der Waals surface area contributed by atoms with Crippen LogP contribution in [0.5, 0.6) is 5.75 Å². The van der Waals surface area contributed by atoms with Crippen LogP contribution in [0.2, 0.25) is 0 Å². The topological polar surface area (TPSA) is 68.5 Å². The SMILES string of the molecule is Cc1noc(C2CCN(C(=O)/C=C/c3ccc(OC(F)F)cc3)CC2)n1. The van der Waals surface area contributed by atoms with Gasteiger partial charge in [-0.05, 0) is 43.5 Å². The summed E-state index contributed by atoms with van der Waals surface area (Å²) in [5.74, 6) is 1.44. The molecule has 0 aliphatic carbocycles. The highest BCUT2D eigenvalue weighted by Crippen LogP contribution is 2.26. The first-order valence-corrected chi connectivity index (χ1v) is 8.33. The molecule has 2 heterocycles. The molecule has 0 saturated carbocycles. The highest BCUT2D eigenvalue weighted by Gasteiger charge is 2.26. The summed E-state index contributed by atoms with van der Waals surface area (Å²) in [7, 11) is 0. The number of ether oxygens (including phenoxy) is 1. The number of likely N-dealkylation sites (tertiary alicyclic amines) is 1. The van der Waals surface area contributed by atoms with Gasteiger partial charge in [0.05, 0.1) is 0 Å². The first-order valence-electron chi connectivity index (χ1n) is 8.33. The van der Waals surface area contributed by atoms with Gasteiger partial charge < -0.3 is 14.2 Å². The predicted octanol–water partition coefficient (Wildman–Crippen LogP) is 3.40. The van der Waals surface area contributed by atoms with Crippen LogP contribution in [0.25, 0.3) is 6.08 Å². The highest BCUT2D eigenvalue weighted by atomic mass is 19.3. The molecule has 1 amide bonds. The van der Waals surface area contributed by atoms with Crippen LogP contribution in [0, 0.1) is 6.92 Å². The van der Waals surface area contributed by atoms with Gasteiger partial charge in [-0.25, -0.2) is 0 Å². The number of alkyl halides is 2. The standard InChI is InChI=1S/C18H19F2N3O3/c1-12-21-17(26-22-12)14-8-10-23(11-9-14)16(24)7-4-13-2-5-15(6-3-13)25-18(19)20/h2-7,14,18H,8-11H2,1H3/b7-4+. The van der Waals surface area contributed by atoms with E-state index in [4.69, 9.17) is 4.52 Å². The number of benzene rings is 1. The fourth-order valence-corrected chi connectivity index (χ4v) is 2.86. The quantitative estimate of drug-likeness (QED) is 0.762. The number of rotatable bonds is 5. The molecule has 0 bridgehead atoms. The van der Waals surface area contributed by atoms with E-state index in [1.807, 2.05) is 0 Å². The van der Waals surface area contributed by atoms with Gasteiger partial charge in [-0.2, -0.15) is 13.8 Å². The number of nitrogens with zero attached hydrogens (tertiary/aromatic N) is 3. The van der Waals surface area contributed by atoms with Crippen molar-refractivity contribution in [3.8, 4) is 5.75 Å². The fourth-order valence-electron chi connectivity index (χ4n) is 2.86. The second-order valence-electron chi connectivity index (χ2n) is 6.06. The Balaban J connectivity index is 1.51. The number of halogens is 2. The van der Waals surface area contributed by atoms with E-state index in [0.29, 0.717) is 24.8 Å². The Kier molecular flexibility index (Phi) is 5.60. The third kappa shape index (κ3) is 4.65. The second-order valence-corrected chi connectivity index (χ2v) is 6.06. The third-order valence-corrected chi connectivity index (χ3v) is 4.22. The fraction of sp³-hybridized carbons (Fsp3) is 0.389. The molecule has 8 heteroatoms. The number of piperidine rings is 1. The van der Waals surface area contributed by atoms with E-state index >= 15 is 0 Å². The van der Waals surface area contributed by atoms with Gasteiger partial charge in [0.15, 0.2) is 5.82 Å². The van der Waals surface area contributed by atoms with Crippen molar-refractivity contribution < 1.29 is 22.8 Å². The van der Waals surface area contributed by atoms with Gasteiger partial charge in [0.25, 0.3) is 0 Å². The van der Waals surface area contributed by atoms with E-state index in [0.717, 1.165) is 18.4 Å². The van der Waals surface area contributed by atoms with Crippen LogP contribution >= 0.6 is 0 Å². The summed E-state index contributed by atoms with van der Waals surface area (Å²) in [5, 5.41) is 3.80. The Morgan fingerprint density at radius 1 is 1.31 bits per heavy atom. The van der Waals surface area contributed by atoms with Crippen LogP contribution in [-0.2, 0) is 4.79 Å². The summed E-state index contributed by atoms with van der Waals surface area (Å²) in [6.07, 6.45) is 4.70. The number of aromatic nitrogens is 2. The molecule has 1 fully saturated rings. The Labute approximate surface area is 149 Å². The van der Waals surface area contributed by atoms with Gasteiger partial charge in [0.2, 0.25) is 11.8 Å². The first-order chi connectivity index (χ1) is 12.5. The Hall–Kier alpha value is -2.77. The smallest absolute Gasteiger partial charge is 0.387 e. The van der Waals surface area contributed by atoms with Crippen LogP contribution < -0.4 is 4.74 Å². The molecule has 0 radical (unpaired) electrons. The Morgan fingerprint density at radius 2 is 2.00 bits per heavy atom. The van der Waals surface area contributed by atoms with Crippen molar-refractivity contribution in [1.29, 1.82) is 0 Å². The maximum atomic E-state index is 12.3. The Bertz CT molecular complexity index is 766. The minimum absolute atomic E-state index is 0.0850. The van der Waals surface area contributed by atoms with E-state index in [2.05, 4.69) is 14.9 Å². The lowest BCUT2D eigenvalue weighted by atomic mass is 9.96. The number of carbonyl (C=O) groups excluding carboxylic acids is 1. The largest absolute Gasteiger partial charge is 0.435 e. The van der Waals surface area contributed by atoms with Gasteiger partial charge in [-0.15, -0.1) is 0 Å². The minimum Gasteiger partial charge on any atom is -0.435 e. The summed E-state index contributed by atoms with van der Waals surface area (Å²) in [4.78, 5) is 18.3. The monoisotopic (exact) mass is 363 g/mol. The van der Waals surface area contributed by atoms with Crippen LogP contribution in [0.1, 0.15) is 36.0 Å². The summed E-state index contributed by atoms with van der Waals surface area (Å²) >= 11 is 0. The van der Waals surface area contributed by atoms with Gasteiger partial charge in [-0.3, -0.25) is 4.79 Å². The lowest BCUT2D eigenvalue weighted by Gasteiger charge is -2.29. The summed E-state index contributed by atoms with van der Waals surface area (Å²) in [5.41, 5.74) is 0.733. The molecule has 0 N–H and O–H groups in total. The third-order valence-electron chi connectivity index (χ3n) is 4.22. The van der Waals surface area contributed by atoms with Gasteiger partial charge >= 0.3 is 6.61 Å². The first kappa shape index (κ1) is 18.0. The molecule has 2 aromatic rings. The van der Waals surface area contributed by atoms with Crippen molar-refractivity contribution in [3.63, 3.8) is 0 Å². The number of amides is 1. The Morgan fingerprint density at radius 3 is 2.58 bits per heavy atom. The molecular weight excluding hydrogens is 344 g/mol. The summed E-state index contributed by atoms with van der Waals surface area (Å²) < 4.78 is 33.7. The van der Waals surface area contributed by atoms with Crippen molar-refractivity contribution in [2.45, 2.75) is 32.3 Å². The molecule has 138 valence electrons. The molecule has 1 saturated heterocycles. The highest BCUT2D eigenvalue weighted by molar-refractivity contribution is 5.91. The van der Waals surface area contributed by atoms with Crippen LogP contribution in [0.3, 0.4) is 0 Å². The molecule has 1 aliphatic heterocycles. The molecule has 0 unspecified atom stereocenters. The van der Waals surface area contributed by atoms with Gasteiger partial charge in [-0.1, -0.05) is 17.3 Å². The van der Waals surface area contributed by atoms with E-state index in [-0.39, 0.29) is 17.6 Å². The lowest BCUT2D eigenvalue weighted by molar-refractivity contribution is -0.127. The van der Waals surface area contributed by atoms with Gasteiger partial charge in [0, 0.05) is 25.1 Å². The zero-order valence-electron chi connectivity index (χ0n) is 14.3. The lowest BCUT2D eigenvalue weighted by Crippen LogP contribution is -2.36. The normalized spacial score (nSPS) is 15.8. The average Bonchev–Trinajstić information content (AvgIpc) is 3.07. The second kappa shape index (κ2) is 8.07. The van der Waals surface area contributed by atoms with Crippen LogP contribution in [0.4, 0.5) is 8.78 Å². The van der Waals surface area contributed by atoms with E-state index in [1.54, 1.807) is 30.0 Å². The molecule has 0 spiro atoms. The van der Waals surface area contributed by atoms with E-state index < -0.39 is 6.61 Å². The van der Waals surface area contributed by atoms with Gasteiger partial charge in [0.1, 0.15) is 5.75 Å². The molecular formula is C18H19F2N3O3. The predicted molar refractivity (Wildman–Crippen MR) is 89.7 cm³/mol. The van der Waals surface area contributed by atoms with Crippen molar-refractivity contribution in [1.82, 2.24) is 15.0 Å². The van der Waals surface area contributed by atoms with Crippen molar-refractivity contribution in [2.75, 3.05) is 13.1 Å². The number of carbonyl (C=O) groups is 1. The molecule has 1 aromatic carbocycles. The van der Waals surface area contributed by atoms with E-state index in [1.165, 1.54) is 18.2 Å². The van der Waals surface area contributed by atoms with Crippen molar-refractivity contribution in [2.24, 2.45) is 0 Å². The van der Waals surface area contributed by atoms with Crippen molar-refractivity contribution in [3.05, 3.63) is 47.6 Å². The van der Waals surface area contributed by atoms with Crippen LogP contribution in [0.15, 0.2) is 34.9 Å². The molecule has 6 nitrogen and oxygen atoms in total. The molecule has 1 aromatic heterocycles. The molecule has 0 atom stereocenters. The average molecular weight is 363 g/mol.